The summed E-state index contributed by atoms with van der Waals surface area (Å²) >= 11 is 2.94. The summed E-state index contributed by atoms with van der Waals surface area (Å²) in [6.45, 7) is 1.09. The van der Waals surface area contributed by atoms with Gasteiger partial charge in [0.1, 0.15) is 16.8 Å². The van der Waals surface area contributed by atoms with E-state index in [1.807, 2.05) is 17.5 Å². The number of nitrogens with zero attached hydrogens (tertiary/aromatic N) is 3. The van der Waals surface area contributed by atoms with Gasteiger partial charge in [0.05, 0.1) is 22.0 Å². The molecule has 1 N–H and O–H groups in total. The van der Waals surface area contributed by atoms with Gasteiger partial charge >= 0.3 is 6.36 Å². The van der Waals surface area contributed by atoms with Gasteiger partial charge in [0, 0.05) is 31.9 Å². The zero-order chi connectivity index (χ0) is 26.8. The van der Waals surface area contributed by atoms with Crippen molar-refractivity contribution in [2.45, 2.75) is 30.8 Å². The number of hydrogen-bond acceptors (Lipinski definition) is 8. The summed E-state index contributed by atoms with van der Waals surface area (Å²) in [6.07, 6.45) is -4.92. The fraction of sp³-hybridized carbons (Fsp3) is 0.318. The Morgan fingerprint density at radius 3 is 2.51 bits per heavy atom. The van der Waals surface area contributed by atoms with E-state index < -0.39 is 34.1 Å². The second kappa shape index (κ2) is 10.8. The van der Waals surface area contributed by atoms with Crippen molar-refractivity contribution in [1.29, 1.82) is 0 Å². The molecule has 1 atom stereocenters. The molecule has 1 aliphatic heterocycles. The normalized spacial score (nSPS) is 17.0. The van der Waals surface area contributed by atoms with Crippen molar-refractivity contribution in [3.05, 3.63) is 52.9 Å². The average molecular weight is 575 g/mol. The van der Waals surface area contributed by atoms with E-state index in [1.165, 1.54) is 34.5 Å². The third kappa shape index (κ3) is 6.47. The van der Waals surface area contributed by atoms with E-state index in [2.05, 4.69) is 15.0 Å². The molecule has 0 unspecified atom stereocenters. The number of alkyl halides is 3. The van der Waals surface area contributed by atoms with Crippen molar-refractivity contribution >= 4 is 44.5 Å². The maximum atomic E-state index is 13.4. The van der Waals surface area contributed by atoms with Crippen LogP contribution in [-0.2, 0) is 26.2 Å². The quantitative estimate of drug-likeness (QED) is 0.464. The summed E-state index contributed by atoms with van der Waals surface area (Å²) in [7, 11) is -4.29. The number of aromatic nitrogens is 1. The van der Waals surface area contributed by atoms with E-state index in [-0.39, 0.29) is 37.0 Å². The van der Waals surface area contributed by atoms with Crippen LogP contribution in [0.5, 0.6) is 5.75 Å². The minimum atomic E-state index is -4.92. The van der Waals surface area contributed by atoms with Gasteiger partial charge in [-0.05, 0) is 35.7 Å². The molecule has 1 saturated heterocycles. The highest BCUT2D eigenvalue weighted by Crippen LogP contribution is 2.29. The van der Waals surface area contributed by atoms with E-state index in [0.717, 1.165) is 38.5 Å². The Hall–Kier alpha value is -3.01. The average Bonchev–Trinajstić information content (AvgIpc) is 3.53. The van der Waals surface area contributed by atoms with Crippen LogP contribution < -0.4 is 10.1 Å². The summed E-state index contributed by atoms with van der Waals surface area (Å²) < 4.78 is 68.8. The van der Waals surface area contributed by atoms with Crippen molar-refractivity contribution in [2.75, 3.05) is 19.6 Å². The van der Waals surface area contributed by atoms with Gasteiger partial charge in [-0.15, -0.1) is 35.8 Å². The van der Waals surface area contributed by atoms with E-state index in [0.29, 0.717) is 5.69 Å². The topological polar surface area (TPSA) is 109 Å². The number of benzene rings is 1. The maximum Gasteiger partial charge on any atom is 0.573 e. The summed E-state index contributed by atoms with van der Waals surface area (Å²) in [5.41, 5.74) is 0.593. The number of nitrogens with one attached hydrogen (secondary N) is 1. The summed E-state index contributed by atoms with van der Waals surface area (Å²) in [4.78, 5) is 31.6. The number of piperazine rings is 1. The predicted octanol–water partition coefficient (Wildman–Crippen LogP) is 3.31. The van der Waals surface area contributed by atoms with Gasteiger partial charge in [0.2, 0.25) is 21.8 Å². The molecule has 37 heavy (non-hydrogen) atoms. The lowest BCUT2D eigenvalue weighted by atomic mass is 10.2. The minimum Gasteiger partial charge on any atom is -0.406 e. The number of rotatable bonds is 7. The van der Waals surface area contributed by atoms with E-state index in [1.54, 1.807) is 5.38 Å². The van der Waals surface area contributed by atoms with Gasteiger partial charge in [-0.3, -0.25) is 9.59 Å². The number of ether oxygens (including phenoxy) is 1. The van der Waals surface area contributed by atoms with E-state index >= 15 is 0 Å². The predicted molar refractivity (Wildman–Crippen MR) is 130 cm³/mol. The Balaban J connectivity index is 1.51. The molecule has 198 valence electrons. The van der Waals surface area contributed by atoms with Crippen LogP contribution in [0.4, 0.5) is 13.2 Å². The largest absolute Gasteiger partial charge is 0.573 e. The second-order valence-electron chi connectivity index (χ2n) is 7.95. The molecule has 4 rings (SSSR count). The molecule has 3 aromatic rings. The molecule has 2 aromatic heterocycles. The number of sulfonamides is 1. The molecule has 1 aliphatic rings. The first-order valence-electron chi connectivity index (χ1n) is 10.8. The lowest BCUT2D eigenvalue weighted by Gasteiger charge is -2.39. The highest BCUT2D eigenvalue weighted by molar-refractivity contribution is 7.89. The lowest BCUT2D eigenvalue weighted by molar-refractivity contribution is -0.274. The van der Waals surface area contributed by atoms with Gasteiger partial charge in [-0.25, -0.2) is 13.4 Å². The molecule has 0 spiro atoms. The molecule has 9 nitrogen and oxygen atoms in total. The van der Waals surface area contributed by atoms with Crippen LogP contribution in [0.2, 0.25) is 0 Å². The Morgan fingerprint density at radius 1 is 1.16 bits per heavy atom. The molecular weight excluding hydrogens is 553 g/mol. The maximum absolute atomic E-state index is 13.4. The SMILES string of the molecule is CC(=O)N1CCN(S(=O)(=O)c2ccc(OC(F)(F)F)cc2)[C@@H](C(=O)NCc2csc(-c3cccs3)n2)C1. The third-order valence-corrected chi connectivity index (χ3v) is 9.32. The van der Waals surface area contributed by atoms with E-state index in [9.17, 15) is 31.2 Å². The van der Waals surface area contributed by atoms with Crippen molar-refractivity contribution in [2.24, 2.45) is 0 Å². The number of carbonyl (C=O) groups excluding carboxylic acids is 2. The highest BCUT2D eigenvalue weighted by atomic mass is 32.2. The number of thiazole rings is 1. The second-order valence-corrected chi connectivity index (χ2v) is 11.7. The summed E-state index contributed by atoms with van der Waals surface area (Å²) in [5.74, 6) is -1.52. The number of thiophene rings is 1. The molecule has 0 radical (unpaired) electrons. The van der Waals surface area contributed by atoms with Crippen LogP contribution in [0.1, 0.15) is 12.6 Å². The molecule has 1 fully saturated rings. The lowest BCUT2D eigenvalue weighted by Crippen LogP contribution is -2.61. The van der Waals surface area contributed by atoms with Gasteiger partial charge in [0.25, 0.3) is 0 Å². The van der Waals surface area contributed by atoms with Crippen LogP contribution in [-0.4, -0.2) is 66.5 Å². The molecule has 2 amide bonds. The number of carbonyl (C=O) groups is 2. The smallest absolute Gasteiger partial charge is 0.406 e. The summed E-state index contributed by atoms with van der Waals surface area (Å²) in [5, 5.41) is 7.20. The van der Waals surface area contributed by atoms with Crippen molar-refractivity contribution in [3.63, 3.8) is 0 Å². The molecular formula is C22H21F3N4O5S3. The van der Waals surface area contributed by atoms with Gasteiger partial charge in [-0.1, -0.05) is 6.07 Å². The Bertz CT molecular complexity index is 1360. The molecule has 3 heterocycles. The van der Waals surface area contributed by atoms with Gasteiger partial charge in [-0.2, -0.15) is 4.31 Å². The van der Waals surface area contributed by atoms with Crippen molar-refractivity contribution in [3.8, 4) is 15.6 Å². The number of hydrogen-bond donors (Lipinski definition) is 1. The molecule has 0 saturated carbocycles. The van der Waals surface area contributed by atoms with Crippen LogP contribution in [0.15, 0.2) is 52.1 Å². The van der Waals surface area contributed by atoms with Crippen LogP contribution in [0, 0.1) is 0 Å². The van der Waals surface area contributed by atoms with Crippen molar-refractivity contribution in [1.82, 2.24) is 19.5 Å². The number of halogens is 3. The van der Waals surface area contributed by atoms with Gasteiger partial charge < -0.3 is 15.0 Å². The fourth-order valence-electron chi connectivity index (χ4n) is 3.70. The highest BCUT2D eigenvalue weighted by Gasteiger charge is 2.41. The standard InChI is InChI=1S/C22H21F3N4O5S3/c1-14(30)28-8-9-29(37(32,33)17-6-4-16(5-7-17)34-22(23,24)25)18(12-28)20(31)26-11-15-13-36-21(27-15)19-3-2-10-35-19/h2-7,10,13,18H,8-9,11-12H2,1H3,(H,26,31)/t18-/m1/s1. The molecule has 1 aromatic carbocycles. The first-order valence-corrected chi connectivity index (χ1v) is 14.0. The molecule has 0 bridgehead atoms. The Labute approximate surface area is 218 Å². The van der Waals surface area contributed by atoms with Crippen LogP contribution in [0.25, 0.3) is 9.88 Å². The third-order valence-electron chi connectivity index (χ3n) is 5.47. The first-order chi connectivity index (χ1) is 17.4. The zero-order valence-electron chi connectivity index (χ0n) is 19.3. The molecule has 0 aliphatic carbocycles. The minimum absolute atomic E-state index is 0.0502. The fourth-order valence-corrected chi connectivity index (χ4v) is 6.90. The van der Waals surface area contributed by atoms with Crippen LogP contribution in [0.3, 0.4) is 0 Å². The monoisotopic (exact) mass is 574 g/mol. The number of amides is 2. The zero-order valence-corrected chi connectivity index (χ0v) is 21.7. The molecule has 15 heteroatoms. The summed E-state index contributed by atoms with van der Waals surface area (Å²) in [6, 6.07) is 6.30. The van der Waals surface area contributed by atoms with Crippen LogP contribution >= 0.6 is 22.7 Å². The van der Waals surface area contributed by atoms with Crippen molar-refractivity contribution < 1.29 is 35.9 Å². The van der Waals surface area contributed by atoms with E-state index in [4.69, 9.17) is 0 Å². The van der Waals surface area contributed by atoms with Gasteiger partial charge in [0.15, 0.2) is 0 Å². The Morgan fingerprint density at radius 2 is 1.89 bits per heavy atom. The Kier molecular flexibility index (Phi) is 7.87. The first kappa shape index (κ1) is 27.0.